The maximum atomic E-state index is 12.1. The molecule has 7 nitrogen and oxygen atoms in total. The van der Waals surface area contributed by atoms with Gasteiger partial charge in [0.25, 0.3) is 0 Å². The van der Waals surface area contributed by atoms with Crippen LogP contribution in [0.3, 0.4) is 0 Å². The molecule has 3 aromatic rings. The molecule has 132 valence electrons. The average Bonchev–Trinajstić information content (AvgIpc) is 3.05. The van der Waals surface area contributed by atoms with Crippen LogP contribution in [0.2, 0.25) is 0 Å². The lowest BCUT2D eigenvalue weighted by atomic mass is 10.1. The summed E-state index contributed by atoms with van der Waals surface area (Å²) in [4.78, 5) is 23.3. The van der Waals surface area contributed by atoms with Crippen LogP contribution in [0, 0.1) is 6.92 Å². The zero-order valence-electron chi connectivity index (χ0n) is 14.4. The Morgan fingerprint density at radius 1 is 1.19 bits per heavy atom. The normalized spacial score (nSPS) is 12.4. The van der Waals surface area contributed by atoms with Crippen molar-refractivity contribution in [3.63, 3.8) is 0 Å². The van der Waals surface area contributed by atoms with Gasteiger partial charge >= 0.3 is 5.97 Å². The molecule has 26 heavy (non-hydrogen) atoms. The summed E-state index contributed by atoms with van der Waals surface area (Å²) >= 11 is 0. The first-order chi connectivity index (χ1) is 12.5. The molecule has 0 bridgehead atoms. The molecule has 1 aliphatic heterocycles. The maximum Gasteiger partial charge on any atom is 0.341 e. The standard InChI is InChI=1S/C19H17N3O4/c1-11-3-4-18(26-2)12(7-11)14-8-16-15-9-17(23)13(19(24)25)10-21(15)5-6-22(16)20-14/h3-4,7-10H,5-6H2,1-2H3,(H,24,25). The van der Waals surface area contributed by atoms with Gasteiger partial charge in [0.1, 0.15) is 11.3 Å². The van der Waals surface area contributed by atoms with Crippen LogP contribution in [0.1, 0.15) is 15.9 Å². The highest BCUT2D eigenvalue weighted by atomic mass is 16.5. The fraction of sp³-hybridized carbons (Fsp3) is 0.211. The van der Waals surface area contributed by atoms with E-state index in [1.807, 2.05) is 35.9 Å². The number of methoxy groups -OCH3 is 1. The Morgan fingerprint density at radius 2 is 2.00 bits per heavy atom. The topological polar surface area (TPSA) is 86.3 Å². The number of carboxylic acids is 1. The summed E-state index contributed by atoms with van der Waals surface area (Å²) in [5.41, 5.74) is 3.44. The molecule has 0 atom stereocenters. The number of hydrogen-bond donors (Lipinski definition) is 1. The van der Waals surface area contributed by atoms with E-state index in [4.69, 9.17) is 9.84 Å². The van der Waals surface area contributed by atoms with Gasteiger partial charge in [-0.3, -0.25) is 9.48 Å². The highest BCUT2D eigenvalue weighted by Crippen LogP contribution is 2.34. The number of hydrogen-bond acceptors (Lipinski definition) is 4. The lowest BCUT2D eigenvalue weighted by Crippen LogP contribution is -2.24. The predicted octanol–water partition coefficient (Wildman–Crippen LogP) is 2.41. The Kier molecular flexibility index (Phi) is 3.64. The van der Waals surface area contributed by atoms with Crippen molar-refractivity contribution in [2.24, 2.45) is 0 Å². The molecular weight excluding hydrogens is 334 g/mol. The van der Waals surface area contributed by atoms with E-state index in [9.17, 15) is 9.59 Å². The minimum atomic E-state index is -1.21. The number of aryl methyl sites for hydroxylation is 3. The molecule has 2 aromatic heterocycles. The second-order valence-corrected chi connectivity index (χ2v) is 6.28. The van der Waals surface area contributed by atoms with E-state index in [2.05, 4.69) is 5.10 Å². The molecule has 0 amide bonds. The van der Waals surface area contributed by atoms with Gasteiger partial charge in [-0.25, -0.2) is 4.79 Å². The van der Waals surface area contributed by atoms with Crippen molar-refractivity contribution < 1.29 is 14.6 Å². The predicted molar refractivity (Wildman–Crippen MR) is 95.6 cm³/mol. The number of rotatable bonds is 3. The van der Waals surface area contributed by atoms with Crippen molar-refractivity contribution in [3.8, 4) is 28.4 Å². The second-order valence-electron chi connectivity index (χ2n) is 6.28. The van der Waals surface area contributed by atoms with E-state index in [1.165, 1.54) is 12.3 Å². The molecule has 1 aliphatic rings. The molecule has 4 rings (SSSR count). The van der Waals surface area contributed by atoms with Crippen molar-refractivity contribution >= 4 is 5.97 Å². The van der Waals surface area contributed by atoms with Crippen LogP contribution in [0.25, 0.3) is 22.6 Å². The zero-order valence-corrected chi connectivity index (χ0v) is 14.4. The van der Waals surface area contributed by atoms with E-state index < -0.39 is 11.4 Å². The number of pyridine rings is 1. The van der Waals surface area contributed by atoms with Crippen molar-refractivity contribution in [1.29, 1.82) is 0 Å². The smallest absolute Gasteiger partial charge is 0.341 e. The quantitative estimate of drug-likeness (QED) is 0.783. The largest absolute Gasteiger partial charge is 0.496 e. The first-order valence-electron chi connectivity index (χ1n) is 8.19. The van der Waals surface area contributed by atoms with Gasteiger partial charge in [0.15, 0.2) is 5.43 Å². The Bertz CT molecular complexity index is 1090. The summed E-state index contributed by atoms with van der Waals surface area (Å²) < 4.78 is 9.08. The number of benzene rings is 1. The van der Waals surface area contributed by atoms with Gasteiger partial charge < -0.3 is 14.4 Å². The van der Waals surface area contributed by atoms with Gasteiger partial charge in [-0.2, -0.15) is 5.10 Å². The Morgan fingerprint density at radius 3 is 2.73 bits per heavy atom. The molecule has 0 spiro atoms. The molecule has 0 saturated carbocycles. The van der Waals surface area contributed by atoms with Crippen LogP contribution < -0.4 is 10.2 Å². The third-order valence-electron chi connectivity index (χ3n) is 4.58. The molecule has 7 heteroatoms. The third kappa shape index (κ3) is 2.48. The first kappa shape index (κ1) is 16.1. The van der Waals surface area contributed by atoms with Crippen LogP contribution in [-0.4, -0.2) is 32.5 Å². The van der Waals surface area contributed by atoms with Gasteiger partial charge in [0.2, 0.25) is 0 Å². The Hall–Kier alpha value is -3.35. The van der Waals surface area contributed by atoms with Crippen molar-refractivity contribution in [1.82, 2.24) is 14.3 Å². The van der Waals surface area contributed by atoms with Crippen LogP contribution >= 0.6 is 0 Å². The molecule has 1 aromatic carbocycles. The summed E-state index contributed by atoms with van der Waals surface area (Å²) in [5.74, 6) is -0.487. The van der Waals surface area contributed by atoms with E-state index in [1.54, 1.807) is 11.7 Å². The van der Waals surface area contributed by atoms with Crippen LogP contribution in [0.15, 0.2) is 41.3 Å². The molecule has 0 aliphatic carbocycles. The lowest BCUT2D eigenvalue weighted by molar-refractivity contribution is 0.0694. The van der Waals surface area contributed by atoms with Crippen LogP contribution in [0.4, 0.5) is 0 Å². The maximum absolute atomic E-state index is 12.1. The number of carbonyl (C=O) groups is 1. The number of fused-ring (bicyclic) bond motifs is 3. The van der Waals surface area contributed by atoms with E-state index >= 15 is 0 Å². The molecule has 0 unspecified atom stereocenters. The molecule has 1 N–H and O–H groups in total. The molecule has 0 fully saturated rings. The summed E-state index contributed by atoms with van der Waals surface area (Å²) in [7, 11) is 1.62. The van der Waals surface area contributed by atoms with Gasteiger partial charge in [-0.05, 0) is 25.1 Å². The monoisotopic (exact) mass is 351 g/mol. The van der Waals surface area contributed by atoms with Gasteiger partial charge in [0, 0.05) is 24.4 Å². The Balaban J connectivity index is 1.88. The van der Waals surface area contributed by atoms with Crippen molar-refractivity contribution in [2.75, 3.05) is 7.11 Å². The van der Waals surface area contributed by atoms with E-state index in [-0.39, 0.29) is 5.56 Å². The van der Waals surface area contributed by atoms with Gasteiger partial charge in [0.05, 0.1) is 30.7 Å². The summed E-state index contributed by atoms with van der Waals surface area (Å²) in [6.45, 7) is 3.15. The van der Waals surface area contributed by atoms with Crippen molar-refractivity contribution in [3.05, 3.63) is 57.9 Å². The van der Waals surface area contributed by atoms with Crippen LogP contribution in [0.5, 0.6) is 5.75 Å². The highest BCUT2D eigenvalue weighted by Gasteiger charge is 2.22. The fourth-order valence-electron chi connectivity index (χ4n) is 3.29. The summed E-state index contributed by atoms with van der Waals surface area (Å²) in [5, 5.41) is 13.8. The second kappa shape index (κ2) is 5.87. The summed E-state index contributed by atoms with van der Waals surface area (Å²) in [6, 6.07) is 9.16. The van der Waals surface area contributed by atoms with Crippen molar-refractivity contribution in [2.45, 2.75) is 20.0 Å². The fourth-order valence-corrected chi connectivity index (χ4v) is 3.29. The lowest BCUT2D eigenvalue weighted by Gasteiger charge is -2.20. The molecule has 0 radical (unpaired) electrons. The summed E-state index contributed by atoms with van der Waals surface area (Å²) in [6.07, 6.45) is 1.41. The first-order valence-corrected chi connectivity index (χ1v) is 8.19. The van der Waals surface area contributed by atoms with E-state index in [0.29, 0.717) is 18.8 Å². The molecule has 0 saturated heterocycles. The number of nitrogens with zero attached hydrogens (tertiary/aromatic N) is 3. The minimum absolute atomic E-state index is 0.220. The molecule has 3 heterocycles. The third-order valence-corrected chi connectivity index (χ3v) is 4.58. The minimum Gasteiger partial charge on any atom is -0.496 e. The molecular formula is C19H17N3O4. The number of carboxylic acid groups (broad SMARTS) is 1. The number of ether oxygens (including phenoxy) is 1. The zero-order chi connectivity index (χ0) is 18.4. The average molecular weight is 351 g/mol. The number of aromatic nitrogens is 3. The highest BCUT2D eigenvalue weighted by molar-refractivity contribution is 5.87. The number of aromatic carboxylic acids is 1. The van der Waals surface area contributed by atoms with Gasteiger partial charge in [-0.15, -0.1) is 0 Å². The van der Waals surface area contributed by atoms with E-state index in [0.717, 1.165) is 28.3 Å². The van der Waals surface area contributed by atoms with Gasteiger partial charge in [-0.1, -0.05) is 11.6 Å². The Labute approximate surface area is 149 Å². The van der Waals surface area contributed by atoms with Crippen LogP contribution in [-0.2, 0) is 13.1 Å². The SMILES string of the molecule is COc1ccc(C)cc1-c1cc2n(n1)CCn1cc(C(=O)O)c(=O)cc1-2.